The van der Waals surface area contributed by atoms with Gasteiger partial charge in [-0.1, -0.05) is 6.07 Å². The largest absolute Gasteiger partial charge is 0.508 e. The van der Waals surface area contributed by atoms with E-state index in [9.17, 15) is 35.8 Å². The molecule has 34 heavy (non-hydrogen) atoms. The molecule has 0 bridgehead atoms. The molecule has 1 aromatic carbocycles. The molecule has 180 valence electrons. The molecule has 0 spiro atoms. The number of hydrogen-bond acceptors (Lipinski definition) is 5. The van der Waals surface area contributed by atoms with Crippen LogP contribution in [0.1, 0.15) is 22.4 Å². The molecule has 0 aliphatic rings. The lowest BCUT2D eigenvalue weighted by Gasteiger charge is -2.31. The first-order chi connectivity index (χ1) is 15.6. The number of phenolic OH excluding ortho intramolecular Hbond substituents is 1. The lowest BCUT2D eigenvalue weighted by Crippen LogP contribution is -2.50. The minimum atomic E-state index is -6.32. The van der Waals surface area contributed by atoms with Crippen molar-refractivity contribution in [2.45, 2.75) is 38.8 Å². The van der Waals surface area contributed by atoms with Gasteiger partial charge in [0, 0.05) is 22.2 Å². The third kappa shape index (κ3) is 3.06. The van der Waals surface area contributed by atoms with Crippen molar-refractivity contribution in [2.24, 2.45) is 0 Å². The van der Waals surface area contributed by atoms with E-state index in [4.69, 9.17) is 5.73 Å². The summed E-state index contributed by atoms with van der Waals surface area (Å²) >= 11 is 0. The van der Waals surface area contributed by atoms with Gasteiger partial charge in [-0.05, 0) is 38.5 Å². The Morgan fingerprint density at radius 1 is 0.912 bits per heavy atom. The van der Waals surface area contributed by atoms with Crippen LogP contribution < -0.4 is 5.73 Å². The minimum absolute atomic E-state index is 0.00632. The summed E-state index contributed by atoms with van der Waals surface area (Å²) in [6, 6.07) is 3.41. The predicted octanol–water partition coefficient (Wildman–Crippen LogP) is 5.47. The summed E-state index contributed by atoms with van der Waals surface area (Å²) in [5.41, 5.74) is -1.20. The third-order valence-corrected chi connectivity index (χ3v) is 5.72. The van der Waals surface area contributed by atoms with Crippen molar-refractivity contribution in [2.75, 3.05) is 5.73 Å². The number of pyridine rings is 1. The van der Waals surface area contributed by atoms with Gasteiger partial charge in [-0.2, -0.15) is 26.3 Å². The SMILES string of the molecule is Cc1ccc(O)c(C)c1-n1c2nc(C)c(C(F)(C(F)(F)F)C(F)(F)F)cc2c2c(N)ncnc21. The zero-order valence-electron chi connectivity index (χ0n) is 17.8. The highest BCUT2D eigenvalue weighted by atomic mass is 19.4. The first-order valence-electron chi connectivity index (χ1n) is 9.65. The number of nitrogens with two attached hydrogens (primary N) is 1. The summed E-state index contributed by atoms with van der Waals surface area (Å²) in [5, 5.41) is 9.79. The van der Waals surface area contributed by atoms with Crippen LogP contribution in [0.2, 0.25) is 0 Å². The molecule has 4 aromatic rings. The van der Waals surface area contributed by atoms with Crippen molar-refractivity contribution in [3.8, 4) is 11.4 Å². The second kappa shape index (κ2) is 7.18. The maximum atomic E-state index is 14.9. The monoisotopic (exact) mass is 487 g/mol. The molecule has 0 fully saturated rings. The van der Waals surface area contributed by atoms with Crippen LogP contribution in [-0.4, -0.2) is 37.0 Å². The van der Waals surface area contributed by atoms with Crippen LogP contribution >= 0.6 is 0 Å². The van der Waals surface area contributed by atoms with Gasteiger partial charge in [0.25, 0.3) is 0 Å². The molecule has 3 heterocycles. The minimum Gasteiger partial charge on any atom is -0.508 e. The lowest BCUT2D eigenvalue weighted by atomic mass is 9.92. The van der Waals surface area contributed by atoms with Gasteiger partial charge >= 0.3 is 18.0 Å². The zero-order valence-corrected chi connectivity index (χ0v) is 17.8. The average Bonchev–Trinajstić information content (AvgIpc) is 3.03. The number of fused-ring (bicyclic) bond motifs is 3. The van der Waals surface area contributed by atoms with Gasteiger partial charge in [-0.3, -0.25) is 4.57 Å². The molecule has 0 saturated heterocycles. The maximum absolute atomic E-state index is 14.9. The highest BCUT2D eigenvalue weighted by Crippen LogP contribution is 2.54. The fourth-order valence-electron chi connectivity index (χ4n) is 4.06. The first kappa shape index (κ1) is 23.5. The van der Waals surface area contributed by atoms with Crippen LogP contribution in [0.4, 0.5) is 36.6 Å². The molecule has 0 unspecified atom stereocenters. The van der Waals surface area contributed by atoms with Crippen molar-refractivity contribution >= 4 is 27.9 Å². The molecule has 0 atom stereocenters. The fourth-order valence-corrected chi connectivity index (χ4v) is 4.06. The molecule has 3 aromatic heterocycles. The summed E-state index contributed by atoms with van der Waals surface area (Å²) in [5.74, 6) is -0.382. The van der Waals surface area contributed by atoms with E-state index in [0.717, 1.165) is 13.3 Å². The first-order valence-corrected chi connectivity index (χ1v) is 9.65. The molecule has 0 amide bonds. The van der Waals surface area contributed by atoms with Crippen LogP contribution in [0.25, 0.3) is 27.8 Å². The van der Waals surface area contributed by atoms with E-state index in [1.165, 1.54) is 10.6 Å². The molecule has 0 radical (unpaired) electrons. The molecule has 0 aliphatic heterocycles. The quantitative estimate of drug-likeness (QED) is 0.366. The number of alkyl halides is 7. The number of aromatic hydroxyl groups is 1. The topological polar surface area (TPSA) is 89.8 Å². The summed E-state index contributed by atoms with van der Waals surface area (Å²) in [6.45, 7) is 4.08. The number of rotatable bonds is 2. The van der Waals surface area contributed by atoms with E-state index in [0.29, 0.717) is 22.9 Å². The van der Waals surface area contributed by atoms with Gasteiger partial charge in [0.05, 0.1) is 11.1 Å². The van der Waals surface area contributed by atoms with E-state index in [2.05, 4.69) is 15.0 Å². The Balaban J connectivity index is 2.23. The van der Waals surface area contributed by atoms with Crippen LogP contribution in [0, 0.1) is 20.8 Å². The number of nitrogens with zero attached hydrogens (tertiary/aromatic N) is 4. The second-order valence-corrected chi connectivity index (χ2v) is 7.81. The molecule has 0 aliphatic carbocycles. The fraction of sp³-hybridized carbons (Fsp3) is 0.286. The average molecular weight is 487 g/mol. The predicted molar refractivity (Wildman–Crippen MR) is 109 cm³/mol. The molecular formula is C21H16F7N5O. The third-order valence-electron chi connectivity index (χ3n) is 5.72. The zero-order chi connectivity index (χ0) is 25.4. The molecule has 4 rings (SSSR count). The number of anilines is 1. The van der Waals surface area contributed by atoms with Crippen molar-refractivity contribution in [1.29, 1.82) is 0 Å². The van der Waals surface area contributed by atoms with Gasteiger partial charge < -0.3 is 10.8 Å². The number of phenols is 1. The lowest BCUT2D eigenvalue weighted by molar-refractivity contribution is -0.348. The summed E-state index contributed by atoms with van der Waals surface area (Å²) in [7, 11) is 0. The van der Waals surface area contributed by atoms with Gasteiger partial charge in [0.15, 0.2) is 5.65 Å². The Bertz CT molecular complexity index is 1440. The Labute approximate surface area is 186 Å². The molecule has 13 heteroatoms. The van der Waals surface area contributed by atoms with Crippen LogP contribution in [0.5, 0.6) is 5.75 Å². The molecule has 6 nitrogen and oxygen atoms in total. The second-order valence-electron chi connectivity index (χ2n) is 7.81. The smallest absolute Gasteiger partial charge is 0.436 e. The summed E-state index contributed by atoms with van der Waals surface area (Å²) in [6.07, 6.45) is -11.6. The van der Waals surface area contributed by atoms with E-state index in [1.807, 2.05) is 0 Å². The Kier molecular flexibility index (Phi) is 4.96. The number of nitrogen functional groups attached to an aromatic ring is 1. The van der Waals surface area contributed by atoms with Crippen LogP contribution in [0.3, 0.4) is 0 Å². The number of aryl methyl sites for hydroxylation is 2. The normalized spacial score (nSPS) is 13.2. The Hall–Kier alpha value is -3.64. The molecule has 0 saturated carbocycles. The van der Waals surface area contributed by atoms with Gasteiger partial charge in [0.1, 0.15) is 23.5 Å². The van der Waals surface area contributed by atoms with Crippen molar-refractivity contribution in [1.82, 2.24) is 19.5 Å². The van der Waals surface area contributed by atoms with E-state index < -0.39 is 29.3 Å². The van der Waals surface area contributed by atoms with Crippen molar-refractivity contribution < 1.29 is 35.8 Å². The van der Waals surface area contributed by atoms with Crippen molar-refractivity contribution in [3.63, 3.8) is 0 Å². The molecular weight excluding hydrogens is 471 g/mol. The van der Waals surface area contributed by atoms with Crippen LogP contribution in [-0.2, 0) is 5.67 Å². The van der Waals surface area contributed by atoms with Crippen LogP contribution in [0.15, 0.2) is 24.5 Å². The Morgan fingerprint density at radius 3 is 2.12 bits per heavy atom. The number of hydrogen-bond donors (Lipinski definition) is 2. The van der Waals surface area contributed by atoms with Gasteiger partial charge in [-0.15, -0.1) is 0 Å². The van der Waals surface area contributed by atoms with E-state index in [1.54, 1.807) is 19.9 Å². The van der Waals surface area contributed by atoms with Gasteiger partial charge in [0.2, 0.25) is 0 Å². The highest BCUT2D eigenvalue weighted by Gasteiger charge is 2.74. The number of halogens is 7. The van der Waals surface area contributed by atoms with E-state index in [-0.39, 0.29) is 33.6 Å². The summed E-state index contributed by atoms with van der Waals surface area (Å²) < 4.78 is 97.1. The van der Waals surface area contributed by atoms with E-state index >= 15 is 0 Å². The Morgan fingerprint density at radius 2 is 1.53 bits per heavy atom. The standard InChI is InChI=1S/C21H16F7N5O/c1-8-4-5-13(34)9(2)15(8)33-17-11(14-16(29)30-7-31-18(14)33)6-12(10(3)32-17)19(22,20(23,24)25)21(26,27)28/h4-7,34H,1-3H3,(H2,29,30,31). The highest BCUT2D eigenvalue weighted by molar-refractivity contribution is 6.11. The molecule has 3 N–H and O–H groups in total. The van der Waals surface area contributed by atoms with Crippen molar-refractivity contribution in [3.05, 3.63) is 46.9 Å². The summed E-state index contributed by atoms with van der Waals surface area (Å²) in [4.78, 5) is 11.8. The van der Waals surface area contributed by atoms with Gasteiger partial charge in [-0.25, -0.2) is 19.3 Å². The number of benzene rings is 1. The maximum Gasteiger partial charge on any atom is 0.436 e. The number of aromatic nitrogens is 4.